The lowest BCUT2D eigenvalue weighted by Crippen LogP contribution is -2.25. The number of nitrogens with zero attached hydrogens (tertiary/aromatic N) is 2. The molecule has 102 valence electrons. The molecule has 0 bridgehead atoms. The van der Waals surface area contributed by atoms with Gasteiger partial charge < -0.3 is 21.6 Å². The minimum atomic E-state index is -0.0683. The Morgan fingerprint density at radius 1 is 1.32 bits per heavy atom. The minimum absolute atomic E-state index is 0.0672. The first-order valence-corrected chi connectivity index (χ1v) is 6.83. The summed E-state index contributed by atoms with van der Waals surface area (Å²) < 4.78 is 5.43. The summed E-state index contributed by atoms with van der Waals surface area (Å²) in [5.74, 6) is 1.49. The molecule has 0 saturated carbocycles. The van der Waals surface area contributed by atoms with Crippen LogP contribution in [0.15, 0.2) is 34.0 Å². The van der Waals surface area contributed by atoms with E-state index in [-0.39, 0.29) is 11.3 Å². The second-order valence-electron chi connectivity index (χ2n) is 4.13. The van der Waals surface area contributed by atoms with E-state index in [1.807, 2.05) is 19.1 Å². The normalized spacial score (nSPS) is 14.2. The molecule has 19 heavy (non-hydrogen) atoms. The van der Waals surface area contributed by atoms with Crippen LogP contribution in [0.25, 0.3) is 0 Å². The van der Waals surface area contributed by atoms with Gasteiger partial charge in [-0.3, -0.25) is 0 Å². The molecule has 0 radical (unpaired) electrons. The maximum atomic E-state index is 6.13. The van der Waals surface area contributed by atoms with Crippen molar-refractivity contribution < 1.29 is 4.42 Å². The Hall–Kier alpha value is -1.73. The van der Waals surface area contributed by atoms with Crippen molar-refractivity contribution in [3.63, 3.8) is 0 Å². The quantitative estimate of drug-likeness (QED) is 0.564. The second-order valence-corrected chi connectivity index (χ2v) is 5.23. The van der Waals surface area contributed by atoms with Crippen molar-refractivity contribution in [2.24, 2.45) is 5.73 Å². The van der Waals surface area contributed by atoms with Gasteiger partial charge in [-0.05, 0) is 18.6 Å². The Morgan fingerprint density at radius 3 is 2.53 bits per heavy atom. The van der Waals surface area contributed by atoms with Gasteiger partial charge in [-0.25, -0.2) is 9.97 Å². The molecular weight excluding hydrogens is 262 g/mol. The van der Waals surface area contributed by atoms with Crippen LogP contribution in [0.5, 0.6) is 0 Å². The maximum Gasteiger partial charge on any atom is 0.192 e. The fraction of sp³-hybridized carbons (Fsp3) is 0.333. The molecular formula is C12H17N5OS. The molecule has 2 unspecified atom stereocenters. The van der Waals surface area contributed by atoms with E-state index in [0.717, 1.165) is 12.2 Å². The van der Waals surface area contributed by atoms with Gasteiger partial charge >= 0.3 is 0 Å². The molecule has 2 rings (SSSR count). The van der Waals surface area contributed by atoms with E-state index in [1.165, 1.54) is 17.8 Å². The average Bonchev–Trinajstić information content (AvgIpc) is 2.87. The van der Waals surface area contributed by atoms with Crippen molar-refractivity contribution in [1.29, 1.82) is 0 Å². The first-order chi connectivity index (χ1) is 9.10. The van der Waals surface area contributed by atoms with Gasteiger partial charge in [-0.2, -0.15) is 0 Å². The van der Waals surface area contributed by atoms with Crippen LogP contribution in [0.3, 0.4) is 0 Å². The average molecular weight is 279 g/mol. The predicted molar refractivity (Wildman–Crippen MR) is 76.4 cm³/mol. The van der Waals surface area contributed by atoms with Gasteiger partial charge in [-0.15, -0.1) is 0 Å². The van der Waals surface area contributed by atoms with Crippen LogP contribution in [0, 0.1) is 0 Å². The Bertz CT molecular complexity index is 511. The van der Waals surface area contributed by atoms with E-state index in [1.54, 1.807) is 6.26 Å². The van der Waals surface area contributed by atoms with Crippen molar-refractivity contribution in [2.45, 2.75) is 29.8 Å². The molecule has 7 heteroatoms. The largest absolute Gasteiger partial charge is 0.468 e. The van der Waals surface area contributed by atoms with Crippen molar-refractivity contribution in [2.75, 3.05) is 11.5 Å². The zero-order valence-corrected chi connectivity index (χ0v) is 11.4. The standard InChI is InChI=1S/C12H17N5OS/c1-2-7(13)11(8-4-3-5-18-8)19-12-16-9(14)6-10(15)17-12/h3-7,11H,2,13H2,1H3,(H4,14,15,16,17). The number of thioether (sulfide) groups is 1. The third-order valence-electron chi connectivity index (χ3n) is 2.66. The molecule has 2 atom stereocenters. The van der Waals surface area contributed by atoms with E-state index in [2.05, 4.69) is 9.97 Å². The third-order valence-corrected chi connectivity index (χ3v) is 3.89. The highest BCUT2D eigenvalue weighted by molar-refractivity contribution is 7.99. The molecule has 2 heterocycles. The molecule has 0 aliphatic carbocycles. The van der Waals surface area contributed by atoms with Gasteiger partial charge in [0.15, 0.2) is 5.16 Å². The predicted octanol–water partition coefficient (Wildman–Crippen LogP) is 1.80. The summed E-state index contributed by atoms with van der Waals surface area (Å²) >= 11 is 1.41. The molecule has 0 fully saturated rings. The zero-order chi connectivity index (χ0) is 13.8. The first-order valence-electron chi connectivity index (χ1n) is 5.95. The highest BCUT2D eigenvalue weighted by atomic mass is 32.2. The van der Waals surface area contributed by atoms with Crippen LogP contribution in [0.2, 0.25) is 0 Å². The highest BCUT2D eigenvalue weighted by Gasteiger charge is 2.24. The SMILES string of the molecule is CCC(N)C(Sc1nc(N)cc(N)n1)c1ccco1. The van der Waals surface area contributed by atoms with Gasteiger partial charge in [0.25, 0.3) is 0 Å². The van der Waals surface area contributed by atoms with Crippen molar-refractivity contribution in [3.8, 4) is 0 Å². The highest BCUT2D eigenvalue weighted by Crippen LogP contribution is 2.37. The van der Waals surface area contributed by atoms with Crippen molar-refractivity contribution >= 4 is 23.4 Å². The van der Waals surface area contributed by atoms with E-state index in [4.69, 9.17) is 21.6 Å². The van der Waals surface area contributed by atoms with Gasteiger partial charge in [0.2, 0.25) is 0 Å². The Morgan fingerprint density at radius 2 is 2.00 bits per heavy atom. The van der Waals surface area contributed by atoms with Crippen LogP contribution >= 0.6 is 11.8 Å². The fourth-order valence-electron chi connectivity index (χ4n) is 1.65. The van der Waals surface area contributed by atoms with Crippen LogP contribution in [0.4, 0.5) is 11.6 Å². The Labute approximate surface area is 115 Å². The molecule has 2 aromatic heterocycles. The van der Waals surface area contributed by atoms with E-state index in [9.17, 15) is 0 Å². The molecule has 0 aromatic carbocycles. The van der Waals surface area contributed by atoms with Gasteiger partial charge in [0, 0.05) is 12.1 Å². The smallest absolute Gasteiger partial charge is 0.192 e. The summed E-state index contributed by atoms with van der Waals surface area (Å²) in [4.78, 5) is 8.31. The van der Waals surface area contributed by atoms with Crippen molar-refractivity contribution in [1.82, 2.24) is 9.97 Å². The van der Waals surface area contributed by atoms with E-state index >= 15 is 0 Å². The summed E-state index contributed by atoms with van der Waals surface area (Å²) in [7, 11) is 0. The summed E-state index contributed by atoms with van der Waals surface area (Å²) in [5, 5.41) is 0.434. The van der Waals surface area contributed by atoms with Crippen LogP contribution < -0.4 is 17.2 Å². The maximum absolute atomic E-state index is 6.13. The van der Waals surface area contributed by atoms with Gasteiger partial charge in [0.1, 0.15) is 17.4 Å². The molecule has 0 aliphatic rings. The van der Waals surface area contributed by atoms with Crippen LogP contribution in [-0.4, -0.2) is 16.0 Å². The monoisotopic (exact) mass is 279 g/mol. The summed E-state index contributed by atoms with van der Waals surface area (Å²) in [6.07, 6.45) is 2.44. The number of nitrogen functional groups attached to an aromatic ring is 2. The minimum Gasteiger partial charge on any atom is -0.468 e. The number of hydrogen-bond donors (Lipinski definition) is 3. The molecule has 2 aromatic rings. The van der Waals surface area contributed by atoms with Crippen LogP contribution in [-0.2, 0) is 0 Å². The fourth-order valence-corrected chi connectivity index (χ4v) is 2.81. The van der Waals surface area contributed by atoms with E-state index < -0.39 is 0 Å². The number of aromatic nitrogens is 2. The topological polar surface area (TPSA) is 117 Å². The van der Waals surface area contributed by atoms with Gasteiger partial charge in [0.05, 0.1) is 11.5 Å². The molecule has 0 amide bonds. The summed E-state index contributed by atoms with van der Waals surface area (Å²) in [5.41, 5.74) is 17.5. The lowest BCUT2D eigenvalue weighted by Gasteiger charge is -2.19. The molecule has 6 nitrogen and oxygen atoms in total. The Kier molecular flexibility index (Phi) is 4.28. The number of hydrogen-bond acceptors (Lipinski definition) is 7. The number of nitrogens with two attached hydrogens (primary N) is 3. The van der Waals surface area contributed by atoms with Crippen LogP contribution in [0.1, 0.15) is 24.4 Å². The lowest BCUT2D eigenvalue weighted by atomic mass is 10.1. The second kappa shape index (κ2) is 5.94. The van der Waals surface area contributed by atoms with Crippen molar-refractivity contribution in [3.05, 3.63) is 30.2 Å². The molecule has 0 spiro atoms. The molecule has 0 aliphatic heterocycles. The molecule has 0 saturated heterocycles. The first kappa shape index (κ1) is 13.7. The van der Waals surface area contributed by atoms with Gasteiger partial charge in [-0.1, -0.05) is 18.7 Å². The number of rotatable bonds is 5. The third kappa shape index (κ3) is 3.39. The number of anilines is 2. The molecule has 6 N–H and O–H groups in total. The lowest BCUT2D eigenvalue weighted by molar-refractivity contribution is 0.473. The Balaban J connectivity index is 2.25. The number of furan rings is 1. The summed E-state index contributed by atoms with van der Waals surface area (Å²) in [6.45, 7) is 2.02. The zero-order valence-electron chi connectivity index (χ0n) is 10.6. The summed E-state index contributed by atoms with van der Waals surface area (Å²) in [6, 6.07) is 5.18. The van der Waals surface area contributed by atoms with E-state index in [0.29, 0.717) is 16.8 Å².